The Kier molecular flexibility index (Phi) is 6.37. The second kappa shape index (κ2) is 9.47. The molecule has 5 rings (SSSR count). The summed E-state index contributed by atoms with van der Waals surface area (Å²) in [5, 5.41) is 13.3. The number of fused-ring (bicyclic) bond motifs is 1. The van der Waals surface area contributed by atoms with Gasteiger partial charge in [0.1, 0.15) is 17.4 Å². The molecule has 2 N–H and O–H groups in total. The van der Waals surface area contributed by atoms with Crippen molar-refractivity contribution >= 4 is 28.7 Å². The van der Waals surface area contributed by atoms with Gasteiger partial charge >= 0.3 is 0 Å². The number of hydrogen-bond acceptors (Lipinski definition) is 9. The van der Waals surface area contributed by atoms with Crippen LogP contribution in [0, 0.1) is 17.1 Å². The average molecular weight is 497 g/mol. The van der Waals surface area contributed by atoms with Crippen LogP contribution in [0.4, 0.5) is 10.1 Å². The Hall–Kier alpha value is -3.17. The van der Waals surface area contributed by atoms with Crippen LogP contribution in [0.1, 0.15) is 24.9 Å². The average Bonchev–Trinajstić information content (AvgIpc) is 3.31. The van der Waals surface area contributed by atoms with E-state index in [0.29, 0.717) is 23.2 Å². The fourth-order valence-corrected chi connectivity index (χ4v) is 4.80. The minimum absolute atomic E-state index is 0.0354. The molecule has 0 aliphatic carbocycles. The maximum absolute atomic E-state index is 14.7. The van der Waals surface area contributed by atoms with Gasteiger partial charge in [0.05, 0.1) is 41.2 Å². The molecular formula is C24H25FN6O3S. The molecule has 0 saturated carbocycles. The van der Waals surface area contributed by atoms with Gasteiger partial charge in [-0.3, -0.25) is 9.36 Å². The summed E-state index contributed by atoms with van der Waals surface area (Å²) in [6, 6.07) is 9.45. The van der Waals surface area contributed by atoms with Gasteiger partial charge in [0.25, 0.3) is 5.56 Å². The van der Waals surface area contributed by atoms with Crippen molar-refractivity contribution in [2.24, 2.45) is 0 Å². The molecule has 0 radical (unpaired) electrons. The first-order chi connectivity index (χ1) is 16.9. The number of anilines is 1. The van der Waals surface area contributed by atoms with Crippen LogP contribution >= 0.6 is 12.1 Å². The van der Waals surface area contributed by atoms with E-state index < -0.39 is 5.82 Å². The Morgan fingerprint density at radius 3 is 2.94 bits per heavy atom. The minimum Gasteiger partial charge on any atom is -0.453 e. The Bertz CT molecular complexity index is 1370. The van der Waals surface area contributed by atoms with E-state index in [1.54, 1.807) is 23.0 Å². The lowest BCUT2D eigenvalue weighted by atomic mass is 9.92. The molecule has 0 amide bonds. The van der Waals surface area contributed by atoms with Crippen LogP contribution in [0.25, 0.3) is 10.9 Å². The second-order valence-corrected chi connectivity index (χ2v) is 9.75. The first-order valence-electron chi connectivity index (χ1n) is 11.3. The second-order valence-electron chi connectivity index (χ2n) is 8.74. The predicted molar refractivity (Wildman–Crippen MR) is 132 cm³/mol. The van der Waals surface area contributed by atoms with E-state index in [-0.39, 0.29) is 34.3 Å². The van der Waals surface area contributed by atoms with Gasteiger partial charge < -0.3 is 19.5 Å². The Labute approximate surface area is 206 Å². The quantitative estimate of drug-likeness (QED) is 0.476. The third-order valence-electron chi connectivity index (χ3n) is 6.43. The third kappa shape index (κ3) is 4.46. The van der Waals surface area contributed by atoms with Crippen LogP contribution in [0.5, 0.6) is 11.5 Å². The largest absolute Gasteiger partial charge is 0.453 e. The number of nitrogens with zero attached hydrogens (tertiary/aromatic N) is 4. The molecule has 35 heavy (non-hydrogen) atoms. The summed E-state index contributed by atoms with van der Waals surface area (Å²) in [6.45, 7) is 4.78. The van der Waals surface area contributed by atoms with Gasteiger partial charge in [-0.25, -0.2) is 13.7 Å². The molecule has 2 aliphatic heterocycles. The summed E-state index contributed by atoms with van der Waals surface area (Å²) in [4.78, 5) is 17.7. The summed E-state index contributed by atoms with van der Waals surface area (Å²) < 4.78 is 33.1. The Morgan fingerprint density at radius 2 is 2.26 bits per heavy atom. The number of rotatable bonds is 7. The Morgan fingerprint density at radius 1 is 1.43 bits per heavy atom. The predicted octanol–water partition coefficient (Wildman–Crippen LogP) is 3.43. The van der Waals surface area contributed by atoms with E-state index >= 15 is 0 Å². The number of aromatic nitrogens is 2. The van der Waals surface area contributed by atoms with Crippen LogP contribution in [0.3, 0.4) is 0 Å². The highest BCUT2D eigenvalue weighted by molar-refractivity contribution is 7.98. The monoisotopic (exact) mass is 496 g/mol. The molecular weight excluding hydrogens is 471 g/mol. The summed E-state index contributed by atoms with van der Waals surface area (Å²) in [5.41, 5.74) is 0.563. The lowest BCUT2D eigenvalue weighted by Crippen LogP contribution is -2.59. The standard InChI is InChI=1S/C24H25FN6O3S/c1-3-30(2)35-29-21-7-5-19(25)22(18(21)10-26)34-16-4-6-20-17(8-16)23(32)31(14-28-20)15-9-24(33-11-15)12-27-13-24/h4-8,14-15,27,29H,3,9,11-13H2,1-2H3. The smallest absolute Gasteiger partial charge is 0.261 e. The van der Waals surface area contributed by atoms with E-state index in [1.165, 1.54) is 30.3 Å². The molecule has 11 heteroatoms. The van der Waals surface area contributed by atoms with Gasteiger partial charge in [0, 0.05) is 38.2 Å². The highest BCUT2D eigenvalue weighted by Crippen LogP contribution is 2.36. The van der Waals surface area contributed by atoms with Gasteiger partial charge in [-0.15, -0.1) is 0 Å². The van der Waals surface area contributed by atoms with Crippen LogP contribution in [-0.4, -0.2) is 52.7 Å². The molecule has 2 aromatic carbocycles. The number of hydrogen-bond donors (Lipinski definition) is 2. The molecule has 182 valence electrons. The van der Waals surface area contributed by atoms with Gasteiger partial charge in [0.15, 0.2) is 11.6 Å². The Balaban J connectivity index is 1.45. The van der Waals surface area contributed by atoms with Crippen LogP contribution in [-0.2, 0) is 4.74 Å². The summed E-state index contributed by atoms with van der Waals surface area (Å²) in [6.07, 6.45) is 2.29. The van der Waals surface area contributed by atoms with Crippen molar-refractivity contribution in [1.29, 1.82) is 5.26 Å². The first kappa shape index (κ1) is 23.6. The fourth-order valence-electron chi connectivity index (χ4n) is 4.25. The molecule has 0 bridgehead atoms. The minimum atomic E-state index is -0.674. The number of nitriles is 1. The van der Waals surface area contributed by atoms with Gasteiger partial charge in [-0.05, 0) is 37.4 Å². The molecule has 3 heterocycles. The number of nitrogens with one attached hydrogen (secondary N) is 2. The molecule has 1 aromatic heterocycles. The van der Waals surface area contributed by atoms with E-state index in [9.17, 15) is 14.4 Å². The highest BCUT2D eigenvalue weighted by Gasteiger charge is 2.46. The summed E-state index contributed by atoms with van der Waals surface area (Å²) in [5.74, 6) is -0.640. The van der Waals surface area contributed by atoms with E-state index in [0.717, 1.165) is 26.1 Å². The van der Waals surface area contributed by atoms with Gasteiger partial charge in [-0.2, -0.15) is 5.26 Å². The van der Waals surface area contributed by atoms with Crippen molar-refractivity contribution in [3.8, 4) is 17.6 Å². The van der Waals surface area contributed by atoms with Crippen molar-refractivity contribution < 1.29 is 13.9 Å². The zero-order chi connectivity index (χ0) is 24.6. The SMILES string of the molecule is CCN(C)SNc1ccc(F)c(Oc2ccc3ncn(C4COC5(CNC5)C4)c(=O)c3c2)c1C#N. The molecule has 1 atom stereocenters. The molecule has 2 aliphatic rings. The summed E-state index contributed by atoms with van der Waals surface area (Å²) >= 11 is 1.29. The normalized spacial score (nSPS) is 18.5. The zero-order valence-electron chi connectivity index (χ0n) is 19.4. The van der Waals surface area contributed by atoms with Crippen molar-refractivity contribution in [2.45, 2.75) is 25.0 Å². The van der Waals surface area contributed by atoms with Crippen molar-refractivity contribution in [3.05, 3.63) is 58.4 Å². The topological polar surface area (TPSA) is 104 Å². The molecule has 3 aromatic rings. The van der Waals surface area contributed by atoms with E-state index in [2.05, 4.69) is 15.0 Å². The molecule has 1 spiro atoms. The number of ether oxygens (including phenoxy) is 2. The highest BCUT2D eigenvalue weighted by atomic mass is 32.2. The van der Waals surface area contributed by atoms with Gasteiger partial charge in [-0.1, -0.05) is 6.92 Å². The third-order valence-corrected chi connectivity index (χ3v) is 7.31. The molecule has 2 saturated heterocycles. The fraction of sp³-hybridized carbons (Fsp3) is 0.375. The van der Waals surface area contributed by atoms with Crippen LogP contribution in [0.2, 0.25) is 0 Å². The maximum Gasteiger partial charge on any atom is 0.261 e. The molecule has 9 nitrogen and oxygen atoms in total. The van der Waals surface area contributed by atoms with E-state index in [1.807, 2.05) is 24.3 Å². The van der Waals surface area contributed by atoms with Crippen molar-refractivity contribution in [3.63, 3.8) is 0 Å². The molecule has 1 unspecified atom stereocenters. The maximum atomic E-state index is 14.7. The first-order valence-corrected chi connectivity index (χ1v) is 12.1. The zero-order valence-corrected chi connectivity index (χ0v) is 20.2. The van der Waals surface area contributed by atoms with Crippen molar-refractivity contribution in [2.75, 3.05) is 38.0 Å². The van der Waals surface area contributed by atoms with Gasteiger partial charge in [0.2, 0.25) is 0 Å². The summed E-state index contributed by atoms with van der Waals surface area (Å²) in [7, 11) is 1.89. The van der Waals surface area contributed by atoms with Crippen LogP contribution < -0.4 is 20.3 Å². The number of halogens is 1. The lowest BCUT2D eigenvalue weighted by Gasteiger charge is -2.38. The van der Waals surface area contributed by atoms with Crippen LogP contribution in [0.15, 0.2) is 41.5 Å². The molecule has 2 fully saturated rings. The number of benzene rings is 2. The van der Waals surface area contributed by atoms with Crippen molar-refractivity contribution in [1.82, 2.24) is 19.2 Å². The van der Waals surface area contributed by atoms with E-state index in [4.69, 9.17) is 9.47 Å². The lowest BCUT2D eigenvalue weighted by molar-refractivity contribution is -0.0362.